The van der Waals surface area contributed by atoms with E-state index in [9.17, 15) is 10.1 Å². The van der Waals surface area contributed by atoms with Gasteiger partial charge in [0.1, 0.15) is 6.07 Å². The average Bonchev–Trinajstić information content (AvgIpc) is 3.06. The van der Waals surface area contributed by atoms with E-state index in [-0.39, 0.29) is 17.4 Å². The lowest BCUT2D eigenvalue weighted by atomic mass is 10.2. The van der Waals surface area contributed by atoms with Crippen LogP contribution in [0.2, 0.25) is 0 Å². The van der Waals surface area contributed by atoms with E-state index in [1.54, 1.807) is 0 Å². The first-order valence-corrected chi connectivity index (χ1v) is 8.60. The minimum atomic E-state index is -0.171. The molecule has 0 saturated carbocycles. The quantitative estimate of drug-likeness (QED) is 0.697. The molecule has 0 bridgehead atoms. The number of anilines is 1. The third-order valence-electron chi connectivity index (χ3n) is 3.39. The van der Waals surface area contributed by atoms with Gasteiger partial charge in [0.05, 0.1) is 5.75 Å². The minimum absolute atomic E-state index is 0.131. The third kappa shape index (κ3) is 4.28. The van der Waals surface area contributed by atoms with Gasteiger partial charge in [-0.3, -0.25) is 4.79 Å². The first kappa shape index (κ1) is 16.8. The Labute approximate surface area is 149 Å². The van der Waals surface area contributed by atoms with Gasteiger partial charge in [-0.05, 0) is 31.2 Å². The van der Waals surface area contributed by atoms with E-state index in [4.69, 9.17) is 4.42 Å². The lowest BCUT2D eigenvalue weighted by molar-refractivity contribution is -0.113. The van der Waals surface area contributed by atoms with Gasteiger partial charge in [0.15, 0.2) is 10.8 Å². The van der Waals surface area contributed by atoms with Crippen molar-refractivity contribution in [3.8, 4) is 17.5 Å². The van der Waals surface area contributed by atoms with E-state index >= 15 is 0 Å². The van der Waals surface area contributed by atoms with Crippen molar-refractivity contribution in [1.29, 1.82) is 5.26 Å². The molecular formula is C19H15N3O2S. The number of aromatic nitrogens is 1. The zero-order valence-corrected chi connectivity index (χ0v) is 14.3. The number of carbonyl (C=O) groups is 1. The highest BCUT2D eigenvalue weighted by molar-refractivity contribution is 7.99. The van der Waals surface area contributed by atoms with Gasteiger partial charge in [0.25, 0.3) is 0 Å². The van der Waals surface area contributed by atoms with Crippen LogP contribution in [-0.4, -0.2) is 16.6 Å². The molecule has 0 unspecified atom stereocenters. The number of nitrogens with one attached hydrogen (secondary N) is 1. The molecule has 0 radical (unpaired) electrons. The number of benzene rings is 2. The summed E-state index contributed by atoms with van der Waals surface area (Å²) in [5.74, 6) is 0.334. The molecule has 124 valence electrons. The second kappa shape index (κ2) is 7.69. The van der Waals surface area contributed by atoms with Gasteiger partial charge in [0, 0.05) is 11.3 Å². The Kier molecular flexibility index (Phi) is 5.17. The molecule has 3 aromatic rings. The van der Waals surface area contributed by atoms with Gasteiger partial charge in [-0.1, -0.05) is 47.7 Å². The van der Waals surface area contributed by atoms with Crippen LogP contribution in [0.15, 0.2) is 64.1 Å². The number of thioether (sulfide) groups is 1. The average molecular weight is 349 g/mol. The lowest BCUT2D eigenvalue weighted by Gasteiger charge is -2.04. The van der Waals surface area contributed by atoms with Crippen LogP contribution in [0.1, 0.15) is 11.3 Å². The number of carbonyl (C=O) groups excluding carboxylic acids is 1. The summed E-state index contributed by atoms with van der Waals surface area (Å²) in [5.41, 5.74) is 2.84. The fourth-order valence-electron chi connectivity index (χ4n) is 2.14. The predicted molar refractivity (Wildman–Crippen MR) is 97.2 cm³/mol. The molecule has 1 amide bonds. The van der Waals surface area contributed by atoms with Gasteiger partial charge in [-0.15, -0.1) is 0 Å². The maximum absolute atomic E-state index is 12.1. The second-order valence-corrected chi connectivity index (χ2v) is 6.28. The molecular weight excluding hydrogens is 334 g/mol. The molecule has 0 saturated heterocycles. The van der Waals surface area contributed by atoms with Crippen molar-refractivity contribution in [3.05, 3.63) is 65.9 Å². The van der Waals surface area contributed by atoms with E-state index < -0.39 is 0 Å². The summed E-state index contributed by atoms with van der Waals surface area (Å²) in [4.78, 5) is 16.3. The molecule has 5 nitrogen and oxygen atoms in total. The van der Waals surface area contributed by atoms with E-state index in [0.717, 1.165) is 28.6 Å². The number of oxazole rings is 1. The number of aryl methyl sites for hydroxylation is 1. The molecule has 0 fully saturated rings. The Morgan fingerprint density at radius 1 is 1.20 bits per heavy atom. The molecule has 0 aliphatic carbocycles. The number of nitrogens with zero attached hydrogens (tertiary/aromatic N) is 2. The smallest absolute Gasteiger partial charge is 0.234 e. The van der Waals surface area contributed by atoms with Crippen molar-refractivity contribution in [2.45, 2.75) is 12.0 Å². The van der Waals surface area contributed by atoms with Crippen LogP contribution in [0.4, 0.5) is 5.69 Å². The summed E-state index contributed by atoms with van der Waals surface area (Å²) in [6.07, 6.45) is 0. The van der Waals surface area contributed by atoms with E-state index in [1.807, 2.05) is 67.6 Å². The van der Waals surface area contributed by atoms with Crippen molar-refractivity contribution >= 4 is 23.4 Å². The van der Waals surface area contributed by atoms with Crippen LogP contribution in [-0.2, 0) is 4.79 Å². The molecule has 1 heterocycles. The largest absolute Gasteiger partial charge is 0.428 e. The van der Waals surface area contributed by atoms with Gasteiger partial charge in [-0.2, -0.15) is 10.2 Å². The summed E-state index contributed by atoms with van der Waals surface area (Å²) < 4.78 is 5.66. The Morgan fingerprint density at radius 3 is 2.60 bits per heavy atom. The van der Waals surface area contributed by atoms with Crippen LogP contribution in [0.5, 0.6) is 0 Å². The highest BCUT2D eigenvalue weighted by Gasteiger charge is 2.16. The van der Waals surface area contributed by atoms with E-state index in [2.05, 4.69) is 10.3 Å². The summed E-state index contributed by atoms with van der Waals surface area (Å²) in [6, 6.07) is 18.9. The van der Waals surface area contributed by atoms with Gasteiger partial charge in [-0.25, -0.2) is 0 Å². The van der Waals surface area contributed by atoms with Crippen molar-refractivity contribution < 1.29 is 9.21 Å². The van der Waals surface area contributed by atoms with Gasteiger partial charge >= 0.3 is 0 Å². The first-order chi connectivity index (χ1) is 12.2. The molecule has 0 atom stereocenters. The maximum atomic E-state index is 12.1. The molecule has 3 rings (SSSR count). The zero-order valence-electron chi connectivity index (χ0n) is 13.5. The first-order valence-electron chi connectivity index (χ1n) is 7.61. The molecule has 25 heavy (non-hydrogen) atoms. The molecule has 1 N–H and O–H groups in total. The fraction of sp³-hybridized carbons (Fsp3) is 0.105. The van der Waals surface area contributed by atoms with Gasteiger partial charge in [0.2, 0.25) is 11.8 Å². The predicted octanol–water partition coefficient (Wildman–Crippen LogP) is 4.25. The summed E-state index contributed by atoms with van der Waals surface area (Å²) in [6.45, 7) is 1.99. The van der Waals surface area contributed by atoms with Crippen molar-refractivity contribution in [2.24, 2.45) is 0 Å². The number of nitriles is 1. The van der Waals surface area contributed by atoms with E-state index in [0.29, 0.717) is 11.0 Å². The Balaban J connectivity index is 1.66. The fourth-order valence-corrected chi connectivity index (χ4v) is 2.84. The number of hydrogen-bond acceptors (Lipinski definition) is 5. The monoisotopic (exact) mass is 349 g/mol. The Bertz CT molecular complexity index is 912. The van der Waals surface area contributed by atoms with Crippen LogP contribution in [0.3, 0.4) is 0 Å². The molecule has 1 aromatic heterocycles. The molecule has 0 aliphatic heterocycles. The van der Waals surface area contributed by atoms with Crippen molar-refractivity contribution in [2.75, 3.05) is 11.1 Å². The van der Waals surface area contributed by atoms with Crippen molar-refractivity contribution in [1.82, 2.24) is 4.98 Å². The highest BCUT2D eigenvalue weighted by Crippen LogP contribution is 2.28. The summed E-state index contributed by atoms with van der Waals surface area (Å²) in [7, 11) is 0. The van der Waals surface area contributed by atoms with Crippen LogP contribution in [0.25, 0.3) is 11.5 Å². The van der Waals surface area contributed by atoms with Gasteiger partial charge < -0.3 is 9.73 Å². The summed E-state index contributed by atoms with van der Waals surface area (Å²) >= 11 is 1.15. The lowest BCUT2D eigenvalue weighted by Crippen LogP contribution is -2.13. The standard InChI is InChI=1S/C19H15N3O2S/c1-13-7-9-15(10-8-13)21-17(23)12-25-19-16(11-20)22-18(24-19)14-5-3-2-4-6-14/h2-10H,12H2,1H3,(H,21,23). The number of rotatable bonds is 5. The zero-order chi connectivity index (χ0) is 17.6. The molecule has 0 spiro atoms. The molecule has 2 aromatic carbocycles. The Morgan fingerprint density at radius 2 is 1.92 bits per heavy atom. The topological polar surface area (TPSA) is 78.9 Å². The number of amides is 1. The van der Waals surface area contributed by atoms with Crippen LogP contribution >= 0.6 is 11.8 Å². The normalized spacial score (nSPS) is 10.2. The summed E-state index contributed by atoms with van der Waals surface area (Å²) in [5, 5.41) is 12.4. The van der Waals surface area contributed by atoms with Crippen LogP contribution in [0, 0.1) is 18.3 Å². The highest BCUT2D eigenvalue weighted by atomic mass is 32.2. The maximum Gasteiger partial charge on any atom is 0.234 e. The molecule has 6 heteroatoms. The SMILES string of the molecule is Cc1ccc(NC(=O)CSc2oc(-c3ccccc3)nc2C#N)cc1. The Hall–Kier alpha value is -3.04. The third-order valence-corrected chi connectivity index (χ3v) is 4.34. The van der Waals surface area contributed by atoms with Crippen molar-refractivity contribution in [3.63, 3.8) is 0 Å². The van der Waals surface area contributed by atoms with E-state index in [1.165, 1.54) is 0 Å². The second-order valence-electron chi connectivity index (χ2n) is 5.34. The van der Waals surface area contributed by atoms with Crippen LogP contribution < -0.4 is 5.32 Å². The number of hydrogen-bond donors (Lipinski definition) is 1. The molecule has 0 aliphatic rings. The minimum Gasteiger partial charge on any atom is -0.428 e.